The maximum Gasteiger partial charge on any atom is 0.187 e. The summed E-state index contributed by atoms with van der Waals surface area (Å²) >= 11 is 3.32. The van der Waals surface area contributed by atoms with E-state index in [1.807, 2.05) is 30.5 Å². The molecule has 0 aliphatic heterocycles. The summed E-state index contributed by atoms with van der Waals surface area (Å²) < 4.78 is 1.22. The van der Waals surface area contributed by atoms with Crippen LogP contribution in [0.4, 0.5) is 16.0 Å². The minimum Gasteiger partial charge on any atom is -0.361 e. The van der Waals surface area contributed by atoms with Crippen LogP contribution in [0.1, 0.15) is 11.3 Å². The number of para-hydroxylation sites is 1. The van der Waals surface area contributed by atoms with Crippen molar-refractivity contribution in [3.63, 3.8) is 0 Å². The van der Waals surface area contributed by atoms with Crippen molar-refractivity contribution < 1.29 is 0 Å². The van der Waals surface area contributed by atoms with Gasteiger partial charge in [0.25, 0.3) is 0 Å². The summed E-state index contributed by atoms with van der Waals surface area (Å²) in [5, 5.41) is 10.7. The Morgan fingerprint density at radius 1 is 0.960 bits per heavy atom. The number of hydrogen-bond acceptors (Lipinski definition) is 6. The molecule has 0 aliphatic carbocycles. The van der Waals surface area contributed by atoms with E-state index in [4.69, 9.17) is 0 Å². The molecular weight excluding hydrogens is 348 g/mol. The summed E-state index contributed by atoms with van der Waals surface area (Å²) in [6.07, 6.45) is 0.965. The molecule has 0 bridgehead atoms. The van der Waals surface area contributed by atoms with Crippen molar-refractivity contribution in [2.75, 3.05) is 17.2 Å². The number of hydrogen-bond donors (Lipinski definition) is 2. The Balaban J connectivity index is 1.32. The molecule has 25 heavy (non-hydrogen) atoms. The second-order valence-corrected chi connectivity index (χ2v) is 7.67. The summed E-state index contributed by atoms with van der Waals surface area (Å²) in [5.41, 5.74) is 4.47. The van der Waals surface area contributed by atoms with E-state index in [1.165, 1.54) is 10.3 Å². The first-order valence-electron chi connectivity index (χ1n) is 8.14. The summed E-state index contributed by atoms with van der Waals surface area (Å²) in [7, 11) is 0. The second kappa shape index (κ2) is 7.21. The molecule has 0 fully saturated rings. The highest BCUT2D eigenvalue weighted by Crippen LogP contribution is 2.25. The van der Waals surface area contributed by atoms with Gasteiger partial charge in [-0.2, -0.15) is 0 Å². The monoisotopic (exact) mass is 366 g/mol. The van der Waals surface area contributed by atoms with E-state index < -0.39 is 0 Å². The van der Waals surface area contributed by atoms with Gasteiger partial charge in [-0.05, 0) is 43.2 Å². The Bertz CT molecular complexity index is 939. The number of aryl methyl sites for hydroxylation is 1. The van der Waals surface area contributed by atoms with Gasteiger partial charge in [0.2, 0.25) is 0 Å². The number of nitrogens with one attached hydrogen (secondary N) is 2. The van der Waals surface area contributed by atoms with Gasteiger partial charge in [0.15, 0.2) is 10.3 Å². The predicted molar refractivity (Wildman–Crippen MR) is 108 cm³/mol. The molecule has 2 aromatic carbocycles. The number of thiazole rings is 2. The third-order valence-corrected chi connectivity index (χ3v) is 5.68. The first-order valence-corrected chi connectivity index (χ1v) is 9.83. The van der Waals surface area contributed by atoms with Crippen LogP contribution in [0.2, 0.25) is 0 Å². The lowest BCUT2D eigenvalue weighted by atomic mass is 10.1. The molecule has 0 amide bonds. The normalized spacial score (nSPS) is 10.9. The van der Waals surface area contributed by atoms with Crippen LogP contribution in [0, 0.1) is 6.92 Å². The lowest BCUT2D eigenvalue weighted by Crippen LogP contribution is -2.04. The van der Waals surface area contributed by atoms with Gasteiger partial charge in [0.05, 0.1) is 15.9 Å². The zero-order chi connectivity index (χ0) is 17.1. The Labute approximate surface area is 154 Å². The first kappa shape index (κ1) is 16.1. The lowest BCUT2D eigenvalue weighted by molar-refractivity contribution is 1.02. The van der Waals surface area contributed by atoms with Crippen LogP contribution in [0.3, 0.4) is 0 Å². The maximum absolute atomic E-state index is 4.60. The van der Waals surface area contributed by atoms with Crippen LogP contribution < -0.4 is 10.6 Å². The third kappa shape index (κ3) is 3.97. The van der Waals surface area contributed by atoms with E-state index in [2.05, 4.69) is 50.9 Å². The van der Waals surface area contributed by atoms with Gasteiger partial charge in [-0.3, -0.25) is 0 Å². The number of aromatic nitrogens is 2. The molecule has 4 aromatic rings. The summed E-state index contributed by atoms with van der Waals surface area (Å²) in [6, 6.07) is 16.7. The summed E-state index contributed by atoms with van der Waals surface area (Å²) in [6.45, 7) is 2.88. The molecule has 0 saturated carbocycles. The largest absolute Gasteiger partial charge is 0.361 e. The minimum absolute atomic E-state index is 0.873. The van der Waals surface area contributed by atoms with E-state index in [1.54, 1.807) is 22.7 Å². The molecule has 6 heteroatoms. The van der Waals surface area contributed by atoms with Crippen molar-refractivity contribution in [1.29, 1.82) is 0 Å². The highest BCUT2D eigenvalue weighted by molar-refractivity contribution is 7.22. The van der Waals surface area contributed by atoms with E-state index in [9.17, 15) is 0 Å². The minimum atomic E-state index is 0.873. The molecule has 2 N–H and O–H groups in total. The average molecular weight is 367 g/mol. The predicted octanol–water partition coefficient (Wildman–Crippen LogP) is 5.46. The molecule has 4 rings (SSSR count). The van der Waals surface area contributed by atoms with Crippen LogP contribution in [0.15, 0.2) is 53.9 Å². The Morgan fingerprint density at radius 2 is 1.80 bits per heavy atom. The molecule has 126 valence electrons. The van der Waals surface area contributed by atoms with Crippen molar-refractivity contribution in [2.45, 2.75) is 13.3 Å². The Kier molecular flexibility index (Phi) is 4.63. The highest BCUT2D eigenvalue weighted by Gasteiger charge is 2.03. The van der Waals surface area contributed by atoms with E-state index in [-0.39, 0.29) is 0 Å². The lowest BCUT2D eigenvalue weighted by Gasteiger charge is -2.06. The number of anilines is 3. The van der Waals surface area contributed by atoms with Crippen molar-refractivity contribution in [3.8, 4) is 0 Å². The summed E-state index contributed by atoms with van der Waals surface area (Å²) in [5.74, 6) is 0. The van der Waals surface area contributed by atoms with Crippen LogP contribution in [-0.2, 0) is 6.42 Å². The van der Waals surface area contributed by atoms with Gasteiger partial charge in [0.1, 0.15) is 0 Å². The number of benzene rings is 2. The van der Waals surface area contributed by atoms with Crippen molar-refractivity contribution in [2.24, 2.45) is 0 Å². The molecule has 0 aliphatic rings. The van der Waals surface area contributed by atoms with Crippen LogP contribution >= 0.6 is 22.7 Å². The van der Waals surface area contributed by atoms with E-state index in [0.29, 0.717) is 0 Å². The first-order chi connectivity index (χ1) is 12.3. The molecule has 4 nitrogen and oxygen atoms in total. The third-order valence-electron chi connectivity index (χ3n) is 3.81. The topological polar surface area (TPSA) is 49.8 Å². The molecule has 0 saturated heterocycles. The zero-order valence-electron chi connectivity index (χ0n) is 13.8. The fraction of sp³-hybridized carbons (Fsp3) is 0.158. The smallest absolute Gasteiger partial charge is 0.187 e. The van der Waals surface area contributed by atoms with Crippen LogP contribution in [0.25, 0.3) is 10.2 Å². The standard InChI is InChI=1S/C19H18N4S2/c1-13-12-24-19(21-13)22-15-8-6-14(7-9-15)10-11-20-18-23-16-4-2-3-5-17(16)25-18/h2-9,12H,10-11H2,1H3,(H,20,23)(H,21,22). The molecule has 0 spiro atoms. The van der Waals surface area contributed by atoms with Gasteiger partial charge < -0.3 is 10.6 Å². The fourth-order valence-electron chi connectivity index (χ4n) is 2.55. The van der Waals surface area contributed by atoms with Crippen LogP contribution in [0.5, 0.6) is 0 Å². The zero-order valence-corrected chi connectivity index (χ0v) is 15.5. The Hall–Kier alpha value is -2.44. The molecule has 2 aromatic heterocycles. The van der Waals surface area contributed by atoms with E-state index in [0.717, 1.165) is 40.1 Å². The van der Waals surface area contributed by atoms with Crippen molar-refractivity contribution in [1.82, 2.24) is 9.97 Å². The quantitative estimate of drug-likeness (QED) is 0.476. The average Bonchev–Trinajstić information content (AvgIpc) is 3.22. The number of fused-ring (bicyclic) bond motifs is 1. The number of nitrogens with zero attached hydrogens (tertiary/aromatic N) is 2. The van der Waals surface area contributed by atoms with Crippen LogP contribution in [-0.4, -0.2) is 16.5 Å². The van der Waals surface area contributed by atoms with Gasteiger partial charge in [-0.15, -0.1) is 11.3 Å². The van der Waals surface area contributed by atoms with Crippen molar-refractivity contribution >= 4 is 48.8 Å². The fourth-order valence-corrected chi connectivity index (χ4v) is 4.15. The Morgan fingerprint density at radius 3 is 2.56 bits per heavy atom. The van der Waals surface area contributed by atoms with Crippen molar-refractivity contribution in [3.05, 3.63) is 65.2 Å². The van der Waals surface area contributed by atoms with Gasteiger partial charge in [0, 0.05) is 17.6 Å². The van der Waals surface area contributed by atoms with Gasteiger partial charge in [-0.1, -0.05) is 35.6 Å². The molecule has 0 atom stereocenters. The number of rotatable bonds is 6. The van der Waals surface area contributed by atoms with Gasteiger partial charge in [-0.25, -0.2) is 9.97 Å². The maximum atomic E-state index is 4.60. The van der Waals surface area contributed by atoms with E-state index >= 15 is 0 Å². The molecule has 2 heterocycles. The summed E-state index contributed by atoms with van der Waals surface area (Å²) in [4.78, 5) is 9.02. The SMILES string of the molecule is Cc1csc(Nc2ccc(CCNc3nc4ccccc4s3)cc2)n1. The second-order valence-electron chi connectivity index (χ2n) is 5.78. The molecule has 0 radical (unpaired) electrons. The molecular formula is C19H18N4S2. The highest BCUT2D eigenvalue weighted by atomic mass is 32.1. The molecule has 0 unspecified atom stereocenters. The van der Waals surface area contributed by atoms with Gasteiger partial charge >= 0.3 is 0 Å².